The van der Waals surface area contributed by atoms with Crippen LogP contribution in [0.5, 0.6) is 0 Å². The first-order valence-corrected chi connectivity index (χ1v) is 6.28. The smallest absolute Gasteiger partial charge is 0.337 e. The number of rotatable bonds is 2. The summed E-state index contributed by atoms with van der Waals surface area (Å²) in [6.45, 7) is 0. The predicted octanol–water partition coefficient (Wildman–Crippen LogP) is 1.42. The molecule has 0 atom stereocenters. The molecule has 0 aliphatic rings. The largest absolute Gasteiger partial charge is 0.478 e. The van der Waals surface area contributed by atoms with Crippen LogP contribution < -0.4 is 0 Å². The summed E-state index contributed by atoms with van der Waals surface area (Å²) in [5.74, 6) is 0.840. The van der Waals surface area contributed by atoms with E-state index in [1.165, 1.54) is 0 Å². The minimum Gasteiger partial charge on any atom is -0.478 e. The van der Waals surface area contributed by atoms with E-state index in [0.29, 0.717) is 0 Å². The standard InChI is InChI=1S/C10H7ClO4S/c1-3-6-4-8(11)9(16(2,14)15)5-7(6)10(12)13/h1,4-5H,2H3,(H,12,13). The van der Waals surface area contributed by atoms with Crippen molar-refractivity contribution in [2.45, 2.75) is 4.90 Å². The number of halogens is 1. The zero-order chi connectivity index (χ0) is 12.5. The molecule has 0 aliphatic heterocycles. The van der Waals surface area contributed by atoms with Crippen molar-refractivity contribution in [3.63, 3.8) is 0 Å². The van der Waals surface area contributed by atoms with E-state index < -0.39 is 15.8 Å². The van der Waals surface area contributed by atoms with E-state index in [4.69, 9.17) is 23.1 Å². The molecule has 0 saturated heterocycles. The van der Waals surface area contributed by atoms with Gasteiger partial charge in [-0.15, -0.1) is 6.42 Å². The molecule has 0 radical (unpaired) electrons. The Bertz CT molecular complexity index is 596. The Balaban J connectivity index is 3.67. The topological polar surface area (TPSA) is 71.4 Å². The number of benzene rings is 1. The van der Waals surface area contributed by atoms with Crippen LogP contribution >= 0.6 is 11.6 Å². The van der Waals surface area contributed by atoms with Crippen molar-refractivity contribution in [2.24, 2.45) is 0 Å². The molecule has 1 aromatic rings. The van der Waals surface area contributed by atoms with Crippen molar-refractivity contribution < 1.29 is 18.3 Å². The summed E-state index contributed by atoms with van der Waals surface area (Å²) in [7, 11) is -3.58. The van der Waals surface area contributed by atoms with Crippen LogP contribution in [0.3, 0.4) is 0 Å². The van der Waals surface area contributed by atoms with Gasteiger partial charge in [0.1, 0.15) is 0 Å². The van der Waals surface area contributed by atoms with Crippen LogP contribution in [-0.4, -0.2) is 25.7 Å². The maximum absolute atomic E-state index is 11.3. The van der Waals surface area contributed by atoms with E-state index in [-0.39, 0.29) is 21.0 Å². The molecule has 0 bridgehead atoms. The Morgan fingerprint density at radius 1 is 1.50 bits per heavy atom. The number of aromatic carboxylic acids is 1. The van der Waals surface area contributed by atoms with Gasteiger partial charge in [0.2, 0.25) is 0 Å². The van der Waals surface area contributed by atoms with Crippen LogP contribution in [0.25, 0.3) is 0 Å². The van der Waals surface area contributed by atoms with Crippen molar-refractivity contribution >= 4 is 27.4 Å². The highest BCUT2D eigenvalue weighted by atomic mass is 35.5. The Kier molecular flexibility index (Phi) is 3.27. The third-order valence-electron chi connectivity index (χ3n) is 1.86. The Morgan fingerprint density at radius 3 is 2.44 bits per heavy atom. The molecule has 0 fully saturated rings. The van der Waals surface area contributed by atoms with E-state index >= 15 is 0 Å². The molecule has 84 valence electrons. The Labute approximate surface area is 97.8 Å². The monoisotopic (exact) mass is 258 g/mol. The van der Waals surface area contributed by atoms with Crippen molar-refractivity contribution in [3.05, 3.63) is 28.3 Å². The number of carbonyl (C=O) groups is 1. The van der Waals surface area contributed by atoms with E-state index in [1.807, 2.05) is 0 Å². The average molecular weight is 259 g/mol. The molecule has 6 heteroatoms. The summed E-state index contributed by atoms with van der Waals surface area (Å²) < 4.78 is 22.6. The van der Waals surface area contributed by atoms with Gasteiger partial charge in [-0.1, -0.05) is 17.5 Å². The summed E-state index contributed by atoms with van der Waals surface area (Å²) in [6, 6.07) is 2.12. The van der Waals surface area contributed by atoms with Gasteiger partial charge < -0.3 is 5.11 Å². The minimum absolute atomic E-state index is 0.0462. The first-order valence-electron chi connectivity index (χ1n) is 4.01. The summed E-state index contributed by atoms with van der Waals surface area (Å²) in [4.78, 5) is 10.6. The van der Waals surface area contributed by atoms with Crippen molar-refractivity contribution in [2.75, 3.05) is 6.26 Å². The van der Waals surface area contributed by atoms with Crippen LogP contribution in [0, 0.1) is 12.3 Å². The number of sulfone groups is 1. The van der Waals surface area contributed by atoms with Crippen LogP contribution in [0.15, 0.2) is 17.0 Å². The van der Waals surface area contributed by atoms with Gasteiger partial charge in [-0.25, -0.2) is 13.2 Å². The number of hydrogen-bond acceptors (Lipinski definition) is 3. The molecule has 4 nitrogen and oxygen atoms in total. The fraction of sp³-hybridized carbons (Fsp3) is 0.100. The van der Waals surface area contributed by atoms with E-state index in [2.05, 4.69) is 5.92 Å². The van der Waals surface area contributed by atoms with Gasteiger partial charge in [0, 0.05) is 11.8 Å². The van der Waals surface area contributed by atoms with Gasteiger partial charge in [0.15, 0.2) is 9.84 Å². The Morgan fingerprint density at radius 2 is 2.06 bits per heavy atom. The number of hydrogen-bond donors (Lipinski definition) is 1. The van der Waals surface area contributed by atoms with Gasteiger partial charge >= 0.3 is 5.97 Å². The molecule has 1 aromatic carbocycles. The number of terminal acetylenes is 1. The molecule has 0 amide bonds. The maximum Gasteiger partial charge on any atom is 0.337 e. The van der Waals surface area contributed by atoms with Gasteiger partial charge in [-0.2, -0.15) is 0 Å². The molecule has 1 N–H and O–H groups in total. The van der Waals surface area contributed by atoms with Crippen LogP contribution in [-0.2, 0) is 9.84 Å². The van der Waals surface area contributed by atoms with Crippen LogP contribution in [0.1, 0.15) is 15.9 Å². The van der Waals surface area contributed by atoms with Crippen molar-refractivity contribution in [3.8, 4) is 12.3 Å². The van der Waals surface area contributed by atoms with Gasteiger partial charge in [-0.3, -0.25) is 0 Å². The summed E-state index contributed by atoms with van der Waals surface area (Å²) >= 11 is 5.70. The molecular formula is C10H7ClO4S. The SMILES string of the molecule is C#Cc1cc(Cl)c(S(C)(=O)=O)cc1C(=O)O. The maximum atomic E-state index is 11.3. The van der Waals surface area contributed by atoms with Crippen LogP contribution in [0.2, 0.25) is 5.02 Å². The molecule has 0 aliphatic carbocycles. The fourth-order valence-electron chi connectivity index (χ4n) is 1.13. The molecule has 0 aromatic heterocycles. The molecular weight excluding hydrogens is 252 g/mol. The summed E-state index contributed by atoms with van der Waals surface area (Å²) in [5.41, 5.74) is -0.211. The minimum atomic E-state index is -3.58. The van der Waals surface area contributed by atoms with Gasteiger partial charge in [0.05, 0.1) is 15.5 Å². The lowest BCUT2D eigenvalue weighted by molar-refractivity contribution is 0.0696. The zero-order valence-corrected chi connectivity index (χ0v) is 9.76. The lowest BCUT2D eigenvalue weighted by atomic mass is 10.1. The van der Waals surface area contributed by atoms with E-state index in [1.54, 1.807) is 0 Å². The summed E-state index contributed by atoms with van der Waals surface area (Å²) in [6.07, 6.45) is 6.03. The highest BCUT2D eigenvalue weighted by Crippen LogP contribution is 2.25. The second-order valence-electron chi connectivity index (χ2n) is 3.05. The van der Waals surface area contributed by atoms with Crippen LogP contribution in [0.4, 0.5) is 0 Å². The predicted molar refractivity (Wildman–Crippen MR) is 59.5 cm³/mol. The molecule has 1 rings (SSSR count). The first-order chi connectivity index (χ1) is 7.27. The normalized spacial score (nSPS) is 10.8. The average Bonchev–Trinajstić information content (AvgIpc) is 2.14. The second-order valence-corrected chi connectivity index (χ2v) is 5.44. The van der Waals surface area contributed by atoms with Crippen molar-refractivity contribution in [1.29, 1.82) is 0 Å². The molecule has 0 saturated carbocycles. The number of carboxylic acids is 1. The molecule has 0 unspecified atom stereocenters. The Hall–Kier alpha value is -1.51. The fourth-order valence-corrected chi connectivity index (χ4v) is 2.46. The highest BCUT2D eigenvalue weighted by molar-refractivity contribution is 7.90. The van der Waals surface area contributed by atoms with Gasteiger partial charge in [0.25, 0.3) is 0 Å². The number of carboxylic acid groups (broad SMARTS) is 1. The molecule has 0 heterocycles. The summed E-state index contributed by atoms with van der Waals surface area (Å²) in [5, 5.41) is 8.76. The second kappa shape index (κ2) is 4.16. The van der Waals surface area contributed by atoms with E-state index in [9.17, 15) is 13.2 Å². The lowest BCUT2D eigenvalue weighted by Gasteiger charge is -2.05. The zero-order valence-electron chi connectivity index (χ0n) is 8.19. The first kappa shape index (κ1) is 12.6. The quantitative estimate of drug-likeness (QED) is 0.815. The third-order valence-corrected chi connectivity index (χ3v) is 3.42. The van der Waals surface area contributed by atoms with E-state index in [0.717, 1.165) is 18.4 Å². The highest BCUT2D eigenvalue weighted by Gasteiger charge is 2.18. The lowest BCUT2D eigenvalue weighted by Crippen LogP contribution is -2.05. The van der Waals surface area contributed by atoms with Gasteiger partial charge in [-0.05, 0) is 12.1 Å². The third kappa shape index (κ3) is 2.35. The molecule has 16 heavy (non-hydrogen) atoms. The van der Waals surface area contributed by atoms with Crippen molar-refractivity contribution in [1.82, 2.24) is 0 Å². The molecule has 0 spiro atoms.